The summed E-state index contributed by atoms with van der Waals surface area (Å²) in [4.78, 5) is 10.5. The minimum atomic E-state index is -4.90. The van der Waals surface area contributed by atoms with E-state index in [0.29, 0.717) is 5.56 Å². The molecule has 1 aromatic carbocycles. The number of hydrogen-bond acceptors (Lipinski definition) is 3. The number of halogens is 3. The molecule has 1 aromatic rings. The third kappa shape index (κ3) is 4.08. The average molecular weight is 247 g/mol. The average Bonchev–Trinajstić information content (AvgIpc) is 2.25. The molecule has 3 N–H and O–H groups in total. The van der Waals surface area contributed by atoms with Crippen LogP contribution in [0, 0.1) is 0 Å². The molecule has 0 heterocycles. The van der Waals surface area contributed by atoms with Gasteiger partial charge in [-0.3, -0.25) is 4.79 Å². The number of alkyl halides is 3. The van der Waals surface area contributed by atoms with Crippen molar-refractivity contribution in [2.45, 2.75) is 12.7 Å². The number of nitrogens with one attached hydrogen (secondary N) is 1. The Labute approximate surface area is 95.2 Å². The summed E-state index contributed by atoms with van der Waals surface area (Å²) < 4.78 is 35.5. The number of benzene rings is 1. The Morgan fingerprint density at radius 2 is 1.76 bits per heavy atom. The maximum absolute atomic E-state index is 11.8. The summed E-state index contributed by atoms with van der Waals surface area (Å²) in [6, 6.07) is 5.48. The molecule has 17 heavy (non-hydrogen) atoms. The molecule has 4 nitrogen and oxygen atoms in total. The van der Waals surface area contributed by atoms with Gasteiger partial charge in [-0.15, -0.1) is 0 Å². The number of carbonyl (C=O) groups excluding carboxylic acids is 1. The van der Waals surface area contributed by atoms with Gasteiger partial charge in [0, 0.05) is 6.54 Å². The molecule has 1 amide bonds. The molecule has 0 aromatic heterocycles. The summed E-state index contributed by atoms with van der Waals surface area (Å²) in [5.74, 6) is -2.01. The summed E-state index contributed by atoms with van der Waals surface area (Å²) >= 11 is 0. The van der Waals surface area contributed by atoms with Crippen molar-refractivity contribution in [3.05, 3.63) is 29.8 Å². The van der Waals surface area contributed by atoms with Crippen molar-refractivity contribution in [2.75, 3.05) is 0 Å². The molecule has 8 heteroatoms. The van der Waals surface area contributed by atoms with Crippen LogP contribution in [0.2, 0.25) is 0 Å². The molecule has 0 saturated heterocycles. The molecule has 0 bridgehead atoms. The minimum absolute atomic E-state index is 0.218. The molecule has 0 aliphatic rings. The van der Waals surface area contributed by atoms with Gasteiger partial charge in [0.2, 0.25) is 0 Å². The summed E-state index contributed by atoms with van der Waals surface area (Å²) in [5.41, 5.74) is 0.642. The van der Waals surface area contributed by atoms with Crippen molar-refractivity contribution >= 4 is 18.5 Å². The zero-order valence-corrected chi connectivity index (χ0v) is 8.53. The summed E-state index contributed by atoms with van der Waals surface area (Å²) in [6.07, 6.45) is -4.90. The number of amides is 1. The summed E-state index contributed by atoms with van der Waals surface area (Å²) in [5, 5.41) is 19.3. The normalized spacial score (nSPS) is 11.1. The van der Waals surface area contributed by atoms with Gasteiger partial charge in [-0.05, 0) is 11.0 Å². The van der Waals surface area contributed by atoms with Gasteiger partial charge in [0.15, 0.2) is 0 Å². The van der Waals surface area contributed by atoms with Crippen LogP contribution >= 0.6 is 0 Å². The molecule has 0 fully saturated rings. The second-order valence-electron chi connectivity index (χ2n) is 3.30. The van der Waals surface area contributed by atoms with Crippen LogP contribution in [0.4, 0.5) is 13.2 Å². The highest BCUT2D eigenvalue weighted by molar-refractivity contribution is 6.58. The van der Waals surface area contributed by atoms with Crippen LogP contribution in [0.5, 0.6) is 0 Å². The molecule has 0 atom stereocenters. The fraction of sp³-hybridized carbons (Fsp3) is 0.222. The molecule has 0 aliphatic carbocycles. The highest BCUT2D eigenvalue weighted by Crippen LogP contribution is 2.14. The quantitative estimate of drug-likeness (QED) is 0.633. The summed E-state index contributed by atoms with van der Waals surface area (Å²) in [6.45, 7) is -0.278. The van der Waals surface area contributed by atoms with E-state index in [9.17, 15) is 18.0 Å². The van der Waals surface area contributed by atoms with Crippen LogP contribution in [0.1, 0.15) is 5.56 Å². The molecule has 0 saturated carbocycles. The Kier molecular flexibility index (Phi) is 4.14. The zero-order valence-electron chi connectivity index (χ0n) is 8.53. The van der Waals surface area contributed by atoms with E-state index in [1.807, 2.05) is 0 Å². The second kappa shape index (κ2) is 5.20. The SMILES string of the molecule is O=C(NCc1ccc(B(O)O)cc1)C(F)(F)F. The topological polar surface area (TPSA) is 69.6 Å². The van der Waals surface area contributed by atoms with E-state index in [0.717, 1.165) is 0 Å². The van der Waals surface area contributed by atoms with Crippen molar-refractivity contribution in [1.82, 2.24) is 5.32 Å². The van der Waals surface area contributed by atoms with Crippen molar-refractivity contribution in [3.8, 4) is 0 Å². The first-order chi connectivity index (χ1) is 7.80. The lowest BCUT2D eigenvalue weighted by Crippen LogP contribution is -2.36. The maximum Gasteiger partial charge on any atom is 0.488 e. The van der Waals surface area contributed by atoms with Crippen LogP contribution in [0.25, 0.3) is 0 Å². The number of carbonyl (C=O) groups is 1. The Balaban J connectivity index is 2.56. The molecule has 1 rings (SSSR count). The zero-order chi connectivity index (χ0) is 13.1. The molecule has 0 spiro atoms. The van der Waals surface area contributed by atoms with Crippen LogP contribution in [-0.2, 0) is 11.3 Å². The first kappa shape index (κ1) is 13.5. The van der Waals surface area contributed by atoms with Gasteiger partial charge in [0.1, 0.15) is 0 Å². The third-order valence-corrected chi connectivity index (χ3v) is 1.99. The lowest BCUT2D eigenvalue weighted by Gasteiger charge is -2.08. The predicted octanol–water partition coefficient (Wildman–Crippen LogP) is -0.455. The first-order valence-electron chi connectivity index (χ1n) is 4.60. The molecule has 0 radical (unpaired) electrons. The smallest absolute Gasteiger partial charge is 0.423 e. The molecule has 92 valence electrons. The van der Waals surface area contributed by atoms with E-state index in [2.05, 4.69) is 0 Å². The fourth-order valence-corrected chi connectivity index (χ4v) is 1.09. The van der Waals surface area contributed by atoms with Crippen LogP contribution in [-0.4, -0.2) is 29.2 Å². The van der Waals surface area contributed by atoms with Gasteiger partial charge < -0.3 is 15.4 Å². The summed E-state index contributed by atoms with van der Waals surface area (Å²) in [7, 11) is -1.63. The van der Waals surface area contributed by atoms with E-state index in [1.165, 1.54) is 24.3 Å². The monoisotopic (exact) mass is 247 g/mol. The van der Waals surface area contributed by atoms with E-state index in [4.69, 9.17) is 10.0 Å². The molecular formula is C9H9BF3NO3. The van der Waals surface area contributed by atoms with Gasteiger partial charge in [0.25, 0.3) is 0 Å². The van der Waals surface area contributed by atoms with Crippen molar-refractivity contribution in [2.24, 2.45) is 0 Å². The molecule has 0 unspecified atom stereocenters. The van der Waals surface area contributed by atoms with Gasteiger partial charge in [0.05, 0.1) is 0 Å². The highest BCUT2D eigenvalue weighted by Gasteiger charge is 2.38. The standard InChI is InChI=1S/C9H9BF3NO3/c11-9(12,13)8(15)14-5-6-1-3-7(4-2-6)10(16)17/h1-4,16-17H,5H2,(H,14,15). The van der Waals surface area contributed by atoms with Crippen LogP contribution < -0.4 is 10.8 Å². The fourth-order valence-electron chi connectivity index (χ4n) is 1.09. The van der Waals surface area contributed by atoms with E-state index < -0.39 is 19.2 Å². The van der Waals surface area contributed by atoms with E-state index in [-0.39, 0.29) is 12.0 Å². The number of hydrogen-bond donors (Lipinski definition) is 3. The lowest BCUT2D eigenvalue weighted by molar-refractivity contribution is -0.173. The van der Waals surface area contributed by atoms with Gasteiger partial charge >= 0.3 is 19.2 Å². The minimum Gasteiger partial charge on any atom is -0.423 e. The van der Waals surface area contributed by atoms with Crippen molar-refractivity contribution in [1.29, 1.82) is 0 Å². The van der Waals surface area contributed by atoms with Crippen molar-refractivity contribution < 1.29 is 28.0 Å². The third-order valence-electron chi connectivity index (χ3n) is 1.99. The molecule has 0 aliphatic heterocycles. The van der Waals surface area contributed by atoms with Crippen LogP contribution in [0.3, 0.4) is 0 Å². The number of rotatable bonds is 3. The predicted molar refractivity (Wildman–Crippen MR) is 54.2 cm³/mol. The Morgan fingerprint density at radius 3 is 2.18 bits per heavy atom. The maximum atomic E-state index is 11.8. The van der Waals surface area contributed by atoms with Crippen molar-refractivity contribution in [3.63, 3.8) is 0 Å². The van der Waals surface area contributed by atoms with Gasteiger partial charge in [-0.2, -0.15) is 13.2 Å². The largest absolute Gasteiger partial charge is 0.488 e. The highest BCUT2D eigenvalue weighted by atomic mass is 19.4. The Bertz CT molecular complexity index is 391. The van der Waals surface area contributed by atoms with Gasteiger partial charge in [-0.25, -0.2) is 0 Å². The Hall–Kier alpha value is -1.54. The van der Waals surface area contributed by atoms with E-state index in [1.54, 1.807) is 5.32 Å². The van der Waals surface area contributed by atoms with Gasteiger partial charge in [-0.1, -0.05) is 24.3 Å². The molecular weight excluding hydrogens is 238 g/mol. The second-order valence-corrected chi connectivity index (χ2v) is 3.30. The Morgan fingerprint density at radius 1 is 1.24 bits per heavy atom. The van der Waals surface area contributed by atoms with E-state index >= 15 is 0 Å². The first-order valence-corrected chi connectivity index (χ1v) is 4.60. The lowest BCUT2D eigenvalue weighted by atomic mass is 9.80. The van der Waals surface area contributed by atoms with Crippen LogP contribution in [0.15, 0.2) is 24.3 Å².